The van der Waals surface area contributed by atoms with Crippen LogP contribution in [-0.4, -0.2) is 25.8 Å². The molecule has 3 N–H and O–H groups in total. The van der Waals surface area contributed by atoms with Crippen molar-refractivity contribution < 1.29 is 14.3 Å². The average Bonchev–Trinajstić information content (AvgIpc) is 3.21. The van der Waals surface area contributed by atoms with E-state index in [0.717, 1.165) is 10.8 Å². The Bertz CT molecular complexity index is 1430. The summed E-state index contributed by atoms with van der Waals surface area (Å²) in [6.07, 6.45) is 3.43. The zero-order valence-corrected chi connectivity index (χ0v) is 18.3. The van der Waals surface area contributed by atoms with Crippen LogP contribution in [0.2, 0.25) is 5.02 Å². The van der Waals surface area contributed by atoms with Gasteiger partial charge < -0.3 is 15.7 Å². The zero-order chi connectivity index (χ0) is 23.1. The molecule has 7 nitrogen and oxygen atoms in total. The Kier molecular flexibility index (Phi) is 5.32. The molecule has 0 aliphatic carbocycles. The molecule has 1 atom stereocenters. The van der Waals surface area contributed by atoms with Crippen molar-refractivity contribution in [2.45, 2.75) is 19.6 Å². The van der Waals surface area contributed by atoms with Gasteiger partial charge >= 0.3 is 0 Å². The van der Waals surface area contributed by atoms with Gasteiger partial charge in [0.1, 0.15) is 17.7 Å². The molecule has 0 radical (unpaired) electrons. The summed E-state index contributed by atoms with van der Waals surface area (Å²) >= 11 is 5.96. The number of pyridine rings is 1. The summed E-state index contributed by atoms with van der Waals surface area (Å²) < 4.78 is 16.5. The highest BCUT2D eigenvalue weighted by Gasteiger charge is 2.35. The van der Waals surface area contributed by atoms with Crippen molar-refractivity contribution in [2.75, 3.05) is 10.6 Å². The first-order chi connectivity index (χ1) is 15.9. The number of nitrogens with zero attached hydrogens (tertiary/aromatic N) is 3. The van der Waals surface area contributed by atoms with Crippen molar-refractivity contribution in [1.29, 1.82) is 0 Å². The summed E-state index contributed by atoms with van der Waals surface area (Å²) in [6.45, 7) is 1.46. The standard InChI is InChI=1S/C24H19ClFN5O2/c1-13-22(24(33)29-17-4-2-15-11-27-7-6-14(15)8-17)23(19-5-3-16(25)9-20(19)26)31-21(28-13)10-18(12-32)30-31/h2-11,23,28,32H,12H2,1H3,(H,29,33). The van der Waals surface area contributed by atoms with E-state index in [0.29, 0.717) is 28.5 Å². The number of rotatable bonds is 4. The van der Waals surface area contributed by atoms with Crippen molar-refractivity contribution in [3.8, 4) is 0 Å². The fourth-order valence-electron chi connectivity index (χ4n) is 4.06. The summed E-state index contributed by atoms with van der Waals surface area (Å²) in [5, 5.41) is 22.1. The van der Waals surface area contributed by atoms with Crippen LogP contribution in [0.25, 0.3) is 10.8 Å². The van der Waals surface area contributed by atoms with Crippen LogP contribution in [0.1, 0.15) is 24.2 Å². The van der Waals surface area contributed by atoms with Crippen molar-refractivity contribution in [1.82, 2.24) is 14.8 Å². The van der Waals surface area contributed by atoms with Gasteiger partial charge in [-0.25, -0.2) is 9.07 Å². The van der Waals surface area contributed by atoms with Gasteiger partial charge in [0, 0.05) is 45.8 Å². The number of hydrogen-bond acceptors (Lipinski definition) is 5. The Morgan fingerprint density at radius 2 is 2.06 bits per heavy atom. The number of benzene rings is 2. The summed E-state index contributed by atoms with van der Waals surface area (Å²) in [5.74, 6) is -0.414. The Labute approximate surface area is 193 Å². The maximum absolute atomic E-state index is 15.0. The number of aromatic nitrogens is 3. The van der Waals surface area contributed by atoms with E-state index in [1.165, 1.54) is 10.7 Å². The lowest BCUT2D eigenvalue weighted by atomic mass is 9.94. The summed E-state index contributed by atoms with van der Waals surface area (Å²) in [4.78, 5) is 17.6. The van der Waals surface area contributed by atoms with Crippen LogP contribution in [0.3, 0.4) is 0 Å². The average molecular weight is 464 g/mol. The van der Waals surface area contributed by atoms with E-state index in [9.17, 15) is 9.90 Å². The van der Waals surface area contributed by atoms with Crippen molar-refractivity contribution in [3.63, 3.8) is 0 Å². The number of aliphatic hydroxyl groups excluding tert-OH is 1. The third-order valence-corrected chi connectivity index (χ3v) is 5.82. The smallest absolute Gasteiger partial charge is 0.255 e. The molecule has 4 aromatic rings. The van der Waals surface area contributed by atoms with Gasteiger partial charge in [0.25, 0.3) is 5.91 Å². The fourth-order valence-corrected chi connectivity index (χ4v) is 4.22. The normalized spacial score (nSPS) is 15.3. The molecule has 9 heteroatoms. The summed E-state index contributed by atoms with van der Waals surface area (Å²) in [6, 6.07) is 12.5. The van der Waals surface area contributed by atoms with Crippen LogP contribution < -0.4 is 10.6 Å². The summed E-state index contributed by atoms with van der Waals surface area (Å²) in [7, 11) is 0. The molecule has 1 unspecified atom stereocenters. The highest BCUT2D eigenvalue weighted by Crippen LogP contribution is 2.38. The van der Waals surface area contributed by atoms with E-state index in [2.05, 4.69) is 20.7 Å². The van der Waals surface area contributed by atoms with Gasteiger partial charge in [-0.3, -0.25) is 9.78 Å². The van der Waals surface area contributed by atoms with Gasteiger partial charge in [-0.2, -0.15) is 5.10 Å². The molecule has 0 saturated carbocycles. The van der Waals surface area contributed by atoms with Gasteiger partial charge in [0.05, 0.1) is 17.9 Å². The molecule has 33 heavy (non-hydrogen) atoms. The van der Waals surface area contributed by atoms with Crippen LogP contribution in [-0.2, 0) is 11.4 Å². The van der Waals surface area contributed by atoms with Gasteiger partial charge in [0.15, 0.2) is 0 Å². The topological polar surface area (TPSA) is 92.1 Å². The van der Waals surface area contributed by atoms with Gasteiger partial charge in [-0.15, -0.1) is 0 Å². The number of carbonyl (C=O) groups is 1. The molecule has 1 aliphatic rings. The monoisotopic (exact) mass is 463 g/mol. The van der Waals surface area contributed by atoms with E-state index in [1.807, 2.05) is 18.2 Å². The van der Waals surface area contributed by atoms with Crippen molar-refractivity contribution >= 4 is 39.8 Å². The number of halogens is 2. The molecular formula is C24H19ClFN5O2. The summed E-state index contributed by atoms with van der Waals surface area (Å²) in [5.41, 5.74) is 2.08. The number of anilines is 2. The SMILES string of the molecule is CC1=C(C(=O)Nc2ccc3cnccc3c2)C(c2ccc(Cl)cc2F)n2nc(CO)cc2N1. The first-order valence-electron chi connectivity index (χ1n) is 10.2. The Morgan fingerprint density at radius 1 is 1.21 bits per heavy atom. The molecule has 1 amide bonds. The van der Waals surface area contributed by atoms with E-state index in [4.69, 9.17) is 11.6 Å². The second-order valence-electron chi connectivity index (χ2n) is 7.75. The molecule has 2 aromatic carbocycles. The molecule has 0 bridgehead atoms. The lowest BCUT2D eigenvalue weighted by molar-refractivity contribution is -0.113. The molecule has 2 aromatic heterocycles. The third kappa shape index (κ3) is 3.83. The molecular weight excluding hydrogens is 445 g/mol. The van der Waals surface area contributed by atoms with Crippen LogP contribution in [0, 0.1) is 5.82 Å². The second-order valence-corrected chi connectivity index (χ2v) is 8.18. The van der Waals surface area contributed by atoms with Crippen molar-refractivity contribution in [2.24, 2.45) is 0 Å². The molecule has 166 valence electrons. The molecule has 1 aliphatic heterocycles. The minimum Gasteiger partial charge on any atom is -0.390 e. The number of aliphatic hydroxyl groups is 1. The van der Waals surface area contributed by atoms with Crippen LogP contribution >= 0.6 is 11.6 Å². The highest BCUT2D eigenvalue weighted by atomic mass is 35.5. The van der Waals surface area contributed by atoms with Crippen LogP contribution in [0.15, 0.2) is 72.2 Å². The minimum atomic E-state index is -0.858. The molecule has 0 spiro atoms. The fraction of sp³-hybridized carbons (Fsp3) is 0.125. The predicted molar refractivity (Wildman–Crippen MR) is 124 cm³/mol. The largest absolute Gasteiger partial charge is 0.390 e. The Morgan fingerprint density at radius 3 is 2.85 bits per heavy atom. The van der Waals surface area contributed by atoms with Gasteiger partial charge in [-0.05, 0) is 42.6 Å². The molecule has 0 saturated heterocycles. The highest BCUT2D eigenvalue weighted by molar-refractivity contribution is 6.30. The minimum absolute atomic E-state index is 0.240. The van der Waals surface area contributed by atoms with Crippen LogP contribution in [0.5, 0.6) is 0 Å². The first-order valence-corrected chi connectivity index (χ1v) is 10.6. The first kappa shape index (κ1) is 21.1. The van der Waals surface area contributed by atoms with Crippen LogP contribution in [0.4, 0.5) is 15.9 Å². The third-order valence-electron chi connectivity index (χ3n) is 5.59. The van der Waals surface area contributed by atoms with Crippen molar-refractivity contribution in [3.05, 3.63) is 94.3 Å². The van der Waals surface area contributed by atoms with Gasteiger partial charge in [0.2, 0.25) is 0 Å². The maximum Gasteiger partial charge on any atom is 0.255 e. The van der Waals surface area contributed by atoms with E-state index < -0.39 is 17.8 Å². The number of nitrogens with one attached hydrogen (secondary N) is 2. The predicted octanol–water partition coefficient (Wildman–Crippen LogP) is 4.64. The zero-order valence-electron chi connectivity index (χ0n) is 17.5. The van der Waals surface area contributed by atoms with Gasteiger partial charge in [-0.1, -0.05) is 23.7 Å². The van der Waals surface area contributed by atoms with E-state index in [-0.39, 0.29) is 17.2 Å². The lowest BCUT2D eigenvalue weighted by Crippen LogP contribution is -2.31. The number of hydrogen-bond donors (Lipinski definition) is 3. The molecule has 5 rings (SSSR count). The lowest BCUT2D eigenvalue weighted by Gasteiger charge is -2.30. The van der Waals surface area contributed by atoms with E-state index >= 15 is 4.39 Å². The molecule has 0 fully saturated rings. The van der Waals surface area contributed by atoms with E-state index in [1.54, 1.807) is 43.6 Å². The molecule has 3 heterocycles. The number of allylic oxidation sites excluding steroid dienone is 1. The number of carbonyl (C=O) groups excluding carboxylic acids is 1. The quantitative estimate of drug-likeness (QED) is 0.410. The second kappa shape index (κ2) is 8.31. The number of fused-ring (bicyclic) bond motifs is 2. The maximum atomic E-state index is 15.0. The Hall–Kier alpha value is -3.75. The number of amides is 1. The Balaban J connectivity index is 1.58.